The van der Waals surface area contributed by atoms with E-state index in [0.717, 1.165) is 0 Å². The van der Waals surface area contributed by atoms with Gasteiger partial charge in [0.25, 0.3) is 0 Å². The summed E-state index contributed by atoms with van der Waals surface area (Å²) in [6, 6.07) is 11.9. The maximum absolute atomic E-state index is 11.0. The number of ether oxygens (including phenoxy) is 3. The Balaban J connectivity index is 2.47. The topological polar surface area (TPSA) is 68.5 Å². The van der Waals surface area contributed by atoms with Crippen LogP contribution in [0.4, 0.5) is 0 Å². The molecule has 0 atom stereocenters. The summed E-state index contributed by atoms with van der Waals surface area (Å²) in [5.74, 6) is 1.57. The van der Waals surface area contributed by atoms with Crippen LogP contribution in [-0.2, 0) is 0 Å². The van der Waals surface area contributed by atoms with Gasteiger partial charge < -0.3 is 14.2 Å². The lowest BCUT2D eigenvalue weighted by Crippen LogP contribution is -1.96. The molecule has 2 rings (SSSR count). The summed E-state index contributed by atoms with van der Waals surface area (Å²) in [5.41, 5.74) is 0.728. The minimum absolute atomic E-state index is 0.319. The summed E-state index contributed by atoms with van der Waals surface area (Å²) >= 11 is 0. The van der Waals surface area contributed by atoms with Crippen LogP contribution < -0.4 is 14.2 Å². The molecule has 2 aromatic carbocycles. The van der Waals surface area contributed by atoms with Crippen molar-refractivity contribution in [2.24, 2.45) is 0 Å². The fourth-order valence-electron chi connectivity index (χ4n) is 1.85. The van der Waals surface area contributed by atoms with Crippen molar-refractivity contribution < 1.29 is 19.0 Å². The lowest BCUT2D eigenvalue weighted by molar-refractivity contribution is 0.112. The quantitative estimate of drug-likeness (QED) is 0.788. The molecule has 21 heavy (non-hydrogen) atoms. The van der Waals surface area contributed by atoms with Gasteiger partial charge in [-0.15, -0.1) is 0 Å². The summed E-state index contributed by atoms with van der Waals surface area (Å²) in [4.78, 5) is 11.0. The number of hydrogen-bond donors (Lipinski definition) is 0. The maximum Gasteiger partial charge on any atom is 0.171 e. The minimum Gasteiger partial charge on any atom is -0.497 e. The average molecular weight is 283 g/mol. The second kappa shape index (κ2) is 6.44. The van der Waals surface area contributed by atoms with Crippen LogP contribution in [0.3, 0.4) is 0 Å². The van der Waals surface area contributed by atoms with Crippen LogP contribution in [-0.4, -0.2) is 20.5 Å². The molecule has 2 aromatic rings. The zero-order valence-electron chi connectivity index (χ0n) is 11.6. The monoisotopic (exact) mass is 283 g/mol. The van der Waals surface area contributed by atoms with Crippen molar-refractivity contribution in [3.8, 4) is 29.1 Å². The Morgan fingerprint density at radius 1 is 1.10 bits per heavy atom. The Morgan fingerprint density at radius 3 is 2.52 bits per heavy atom. The second-order valence-electron chi connectivity index (χ2n) is 4.07. The number of carbonyl (C=O) groups is 1. The van der Waals surface area contributed by atoms with E-state index in [-0.39, 0.29) is 0 Å². The number of para-hydroxylation sites is 1. The van der Waals surface area contributed by atoms with E-state index in [0.29, 0.717) is 40.4 Å². The van der Waals surface area contributed by atoms with Gasteiger partial charge in [0.1, 0.15) is 17.6 Å². The molecule has 0 aromatic heterocycles. The lowest BCUT2D eigenvalue weighted by Gasteiger charge is -2.13. The predicted octanol–water partition coefficient (Wildman–Crippen LogP) is 3.18. The Morgan fingerprint density at radius 2 is 1.90 bits per heavy atom. The first-order chi connectivity index (χ1) is 10.2. The summed E-state index contributed by atoms with van der Waals surface area (Å²) in [5, 5.41) is 9.13. The molecule has 0 spiro atoms. The number of rotatable bonds is 5. The van der Waals surface area contributed by atoms with Crippen molar-refractivity contribution >= 4 is 6.29 Å². The summed E-state index contributed by atoms with van der Waals surface area (Å²) in [6.07, 6.45) is 0.683. The Labute approximate surface area is 122 Å². The van der Waals surface area contributed by atoms with Gasteiger partial charge in [0.2, 0.25) is 0 Å². The first-order valence-corrected chi connectivity index (χ1v) is 6.11. The van der Waals surface area contributed by atoms with Crippen molar-refractivity contribution in [3.05, 3.63) is 47.5 Å². The number of hydrogen-bond acceptors (Lipinski definition) is 5. The molecule has 0 aliphatic rings. The van der Waals surface area contributed by atoms with Crippen molar-refractivity contribution in [1.29, 1.82) is 5.26 Å². The smallest absolute Gasteiger partial charge is 0.171 e. The van der Waals surface area contributed by atoms with E-state index < -0.39 is 0 Å². The Bertz CT molecular complexity index is 704. The molecule has 106 valence electrons. The fourth-order valence-corrected chi connectivity index (χ4v) is 1.85. The van der Waals surface area contributed by atoms with Crippen molar-refractivity contribution in [1.82, 2.24) is 0 Å². The van der Waals surface area contributed by atoms with Crippen molar-refractivity contribution in [3.63, 3.8) is 0 Å². The van der Waals surface area contributed by atoms with Gasteiger partial charge in [-0.25, -0.2) is 0 Å². The number of nitriles is 1. The molecule has 0 radical (unpaired) electrons. The molecule has 0 aliphatic heterocycles. The van der Waals surface area contributed by atoms with Crippen LogP contribution in [0, 0.1) is 11.3 Å². The van der Waals surface area contributed by atoms with Crippen LogP contribution in [0.5, 0.6) is 23.0 Å². The number of aldehydes is 1. The van der Waals surface area contributed by atoms with Crippen molar-refractivity contribution in [2.45, 2.75) is 0 Å². The third kappa shape index (κ3) is 2.95. The lowest BCUT2D eigenvalue weighted by atomic mass is 10.2. The minimum atomic E-state index is 0.319. The van der Waals surface area contributed by atoms with Gasteiger partial charge in [0.05, 0.1) is 25.3 Å². The summed E-state index contributed by atoms with van der Waals surface area (Å²) in [6.45, 7) is 0. The third-order valence-electron chi connectivity index (χ3n) is 2.87. The van der Waals surface area contributed by atoms with Crippen LogP contribution in [0.15, 0.2) is 36.4 Å². The Hall–Kier alpha value is -3.00. The largest absolute Gasteiger partial charge is 0.497 e. The molecule has 0 saturated heterocycles. The first kappa shape index (κ1) is 14.4. The van der Waals surface area contributed by atoms with E-state index in [9.17, 15) is 4.79 Å². The highest BCUT2D eigenvalue weighted by Crippen LogP contribution is 2.36. The molecule has 5 nitrogen and oxygen atoms in total. The number of carbonyl (C=O) groups excluding carboxylic acids is 1. The molecule has 0 amide bonds. The zero-order valence-corrected chi connectivity index (χ0v) is 11.6. The van der Waals surface area contributed by atoms with Gasteiger partial charge in [-0.1, -0.05) is 6.07 Å². The standard InChI is InChI=1S/C16H13NO4/c1-19-13-7-6-11(9-17)15(8-13)21-14-5-3-4-12(10-18)16(14)20-2/h3-8,10H,1-2H3. The number of benzene rings is 2. The van der Waals surface area contributed by atoms with Crippen LogP contribution in [0.1, 0.15) is 15.9 Å². The van der Waals surface area contributed by atoms with E-state index >= 15 is 0 Å². The molecule has 0 bridgehead atoms. The van der Waals surface area contributed by atoms with Crippen LogP contribution in [0.25, 0.3) is 0 Å². The highest BCUT2D eigenvalue weighted by atomic mass is 16.5. The molecule has 0 fully saturated rings. The summed E-state index contributed by atoms with van der Waals surface area (Å²) < 4.78 is 16.0. The highest BCUT2D eigenvalue weighted by molar-refractivity contribution is 5.81. The van der Waals surface area contributed by atoms with Gasteiger partial charge in [-0.2, -0.15) is 5.26 Å². The SMILES string of the molecule is COc1ccc(C#N)c(Oc2cccc(C=O)c2OC)c1. The maximum atomic E-state index is 11.0. The van der Waals surface area contributed by atoms with E-state index in [4.69, 9.17) is 19.5 Å². The normalized spacial score (nSPS) is 9.57. The van der Waals surface area contributed by atoms with Gasteiger partial charge >= 0.3 is 0 Å². The molecule has 0 N–H and O–H groups in total. The average Bonchev–Trinajstić information content (AvgIpc) is 2.54. The summed E-state index contributed by atoms with van der Waals surface area (Å²) in [7, 11) is 2.98. The molecular formula is C16H13NO4. The molecule has 5 heteroatoms. The molecule has 0 aliphatic carbocycles. The molecule has 0 unspecified atom stereocenters. The number of methoxy groups -OCH3 is 2. The Kier molecular flexibility index (Phi) is 4.42. The van der Waals surface area contributed by atoms with Gasteiger partial charge in [-0.05, 0) is 24.3 Å². The molecule has 0 heterocycles. The van der Waals surface area contributed by atoms with Gasteiger partial charge in [0.15, 0.2) is 17.8 Å². The van der Waals surface area contributed by atoms with E-state index in [1.54, 1.807) is 36.4 Å². The van der Waals surface area contributed by atoms with E-state index in [2.05, 4.69) is 0 Å². The van der Waals surface area contributed by atoms with Crippen molar-refractivity contribution in [2.75, 3.05) is 14.2 Å². The molecule has 0 saturated carbocycles. The van der Waals surface area contributed by atoms with Gasteiger partial charge in [0, 0.05) is 6.07 Å². The van der Waals surface area contributed by atoms with E-state index in [1.165, 1.54) is 14.2 Å². The highest BCUT2D eigenvalue weighted by Gasteiger charge is 2.13. The van der Waals surface area contributed by atoms with Gasteiger partial charge in [-0.3, -0.25) is 4.79 Å². The fraction of sp³-hybridized carbons (Fsp3) is 0.125. The first-order valence-electron chi connectivity index (χ1n) is 6.11. The van der Waals surface area contributed by atoms with Crippen LogP contribution in [0.2, 0.25) is 0 Å². The third-order valence-corrected chi connectivity index (χ3v) is 2.87. The second-order valence-corrected chi connectivity index (χ2v) is 4.07. The van der Waals surface area contributed by atoms with Crippen LogP contribution >= 0.6 is 0 Å². The zero-order chi connectivity index (χ0) is 15.2. The number of nitrogens with zero attached hydrogens (tertiary/aromatic N) is 1. The molecular weight excluding hydrogens is 270 g/mol. The van der Waals surface area contributed by atoms with E-state index in [1.807, 2.05) is 6.07 Å². The predicted molar refractivity (Wildman–Crippen MR) is 76.2 cm³/mol.